The Labute approximate surface area is 148 Å². The van der Waals surface area contributed by atoms with E-state index in [1.54, 1.807) is 0 Å². The Morgan fingerprint density at radius 3 is 2.62 bits per heavy atom. The molecule has 0 spiro atoms. The number of carbonyl (C=O) groups excluding carboxylic acids is 1. The van der Waals surface area contributed by atoms with Gasteiger partial charge >= 0.3 is 0 Å². The molecule has 2 aliphatic heterocycles. The van der Waals surface area contributed by atoms with Crippen LogP contribution in [0.1, 0.15) is 19.3 Å². The Hall–Kier alpha value is -1.30. The molecule has 0 aliphatic carbocycles. The van der Waals surface area contributed by atoms with E-state index in [1.807, 2.05) is 12.1 Å². The molecule has 2 heterocycles. The summed E-state index contributed by atoms with van der Waals surface area (Å²) in [6.45, 7) is 6.26. The number of rotatable bonds is 6. The highest BCUT2D eigenvalue weighted by Gasteiger charge is 2.19. The Kier molecular flexibility index (Phi) is 6.35. The summed E-state index contributed by atoms with van der Waals surface area (Å²) in [5.41, 5.74) is 1.22. The zero-order chi connectivity index (χ0) is 16.8. The SMILES string of the molecule is O=C(CCN1CCN(c2ccc(Cl)cc2)CC1)NCC1CCCO1. The van der Waals surface area contributed by atoms with E-state index in [-0.39, 0.29) is 12.0 Å². The fourth-order valence-electron chi connectivity index (χ4n) is 3.26. The van der Waals surface area contributed by atoms with Crippen LogP contribution in [-0.4, -0.2) is 62.8 Å². The topological polar surface area (TPSA) is 44.8 Å². The molecule has 3 rings (SSSR count). The predicted octanol–water partition coefficient (Wildman–Crippen LogP) is 2.15. The van der Waals surface area contributed by atoms with Crippen molar-refractivity contribution >= 4 is 23.2 Å². The van der Waals surface area contributed by atoms with E-state index < -0.39 is 0 Å². The Bertz CT molecular complexity index is 524. The van der Waals surface area contributed by atoms with Crippen LogP contribution in [0.3, 0.4) is 0 Å². The van der Waals surface area contributed by atoms with Crippen molar-refractivity contribution in [1.29, 1.82) is 0 Å². The van der Waals surface area contributed by atoms with Crippen LogP contribution in [0.25, 0.3) is 0 Å². The highest BCUT2D eigenvalue weighted by Crippen LogP contribution is 2.19. The molecule has 1 aromatic rings. The Balaban J connectivity index is 1.33. The number of piperazine rings is 1. The summed E-state index contributed by atoms with van der Waals surface area (Å²) in [5.74, 6) is 0.130. The molecule has 0 bridgehead atoms. The maximum Gasteiger partial charge on any atom is 0.221 e. The molecule has 6 heteroatoms. The lowest BCUT2D eigenvalue weighted by atomic mass is 10.2. The largest absolute Gasteiger partial charge is 0.376 e. The van der Waals surface area contributed by atoms with Crippen molar-refractivity contribution < 1.29 is 9.53 Å². The lowest BCUT2D eigenvalue weighted by molar-refractivity contribution is -0.121. The molecule has 2 aliphatic rings. The molecule has 0 radical (unpaired) electrons. The second-order valence-corrected chi connectivity index (χ2v) is 6.93. The number of anilines is 1. The molecule has 24 heavy (non-hydrogen) atoms. The maximum absolute atomic E-state index is 11.9. The van der Waals surface area contributed by atoms with Crippen LogP contribution in [0.2, 0.25) is 5.02 Å². The van der Waals surface area contributed by atoms with Gasteiger partial charge in [0.1, 0.15) is 0 Å². The van der Waals surface area contributed by atoms with E-state index in [4.69, 9.17) is 16.3 Å². The zero-order valence-electron chi connectivity index (χ0n) is 14.0. The van der Waals surface area contributed by atoms with Gasteiger partial charge in [0.05, 0.1) is 6.10 Å². The van der Waals surface area contributed by atoms with Gasteiger partial charge in [-0.2, -0.15) is 0 Å². The Morgan fingerprint density at radius 1 is 1.21 bits per heavy atom. The third-order valence-corrected chi connectivity index (χ3v) is 5.02. The standard InChI is InChI=1S/C18H26ClN3O2/c19-15-3-5-16(6-4-15)22-11-9-21(10-12-22)8-7-18(23)20-14-17-2-1-13-24-17/h3-6,17H,1-2,7-14H2,(H,20,23). The molecule has 0 aromatic heterocycles. The summed E-state index contributed by atoms with van der Waals surface area (Å²) >= 11 is 5.94. The van der Waals surface area contributed by atoms with Gasteiger partial charge in [-0.15, -0.1) is 0 Å². The summed E-state index contributed by atoms with van der Waals surface area (Å²) in [4.78, 5) is 16.7. The number of hydrogen-bond acceptors (Lipinski definition) is 4. The average molecular weight is 352 g/mol. The normalized spacial score (nSPS) is 21.9. The van der Waals surface area contributed by atoms with Crippen LogP contribution >= 0.6 is 11.6 Å². The number of halogens is 1. The van der Waals surface area contributed by atoms with Gasteiger partial charge in [-0.3, -0.25) is 9.69 Å². The number of carbonyl (C=O) groups is 1. The molecule has 0 saturated carbocycles. The van der Waals surface area contributed by atoms with E-state index in [9.17, 15) is 4.79 Å². The Morgan fingerprint density at radius 2 is 1.96 bits per heavy atom. The molecule has 1 atom stereocenters. The van der Waals surface area contributed by atoms with Crippen molar-refractivity contribution in [2.45, 2.75) is 25.4 Å². The van der Waals surface area contributed by atoms with Gasteiger partial charge < -0.3 is 15.0 Å². The molecule has 1 aromatic carbocycles. The molecule has 1 N–H and O–H groups in total. The van der Waals surface area contributed by atoms with Crippen LogP contribution in [0, 0.1) is 0 Å². The lowest BCUT2D eigenvalue weighted by Gasteiger charge is -2.36. The molecule has 2 fully saturated rings. The first kappa shape index (κ1) is 17.5. The monoisotopic (exact) mass is 351 g/mol. The zero-order valence-corrected chi connectivity index (χ0v) is 14.8. The van der Waals surface area contributed by atoms with Crippen LogP contribution in [-0.2, 0) is 9.53 Å². The van der Waals surface area contributed by atoms with Crippen LogP contribution in [0.15, 0.2) is 24.3 Å². The lowest BCUT2D eigenvalue weighted by Crippen LogP contribution is -2.47. The third kappa shape index (κ3) is 5.10. The van der Waals surface area contributed by atoms with Gasteiger partial charge in [0.2, 0.25) is 5.91 Å². The molecule has 5 nitrogen and oxygen atoms in total. The van der Waals surface area contributed by atoms with Crippen LogP contribution < -0.4 is 10.2 Å². The summed E-state index contributed by atoms with van der Waals surface area (Å²) in [7, 11) is 0. The van der Waals surface area contributed by atoms with Crippen molar-refractivity contribution in [1.82, 2.24) is 10.2 Å². The van der Waals surface area contributed by atoms with Gasteiger partial charge in [0.25, 0.3) is 0 Å². The van der Waals surface area contributed by atoms with Gasteiger partial charge in [-0.25, -0.2) is 0 Å². The van der Waals surface area contributed by atoms with Crippen molar-refractivity contribution in [3.8, 4) is 0 Å². The van der Waals surface area contributed by atoms with Gasteiger partial charge in [-0.1, -0.05) is 11.6 Å². The quantitative estimate of drug-likeness (QED) is 0.853. The minimum Gasteiger partial charge on any atom is -0.376 e. The first-order valence-corrected chi connectivity index (χ1v) is 9.20. The number of amides is 1. The van der Waals surface area contributed by atoms with Crippen LogP contribution in [0.4, 0.5) is 5.69 Å². The minimum atomic E-state index is 0.130. The van der Waals surface area contributed by atoms with E-state index in [1.165, 1.54) is 5.69 Å². The molecular weight excluding hydrogens is 326 g/mol. The van der Waals surface area contributed by atoms with Gasteiger partial charge in [0.15, 0.2) is 0 Å². The number of nitrogens with zero attached hydrogens (tertiary/aromatic N) is 2. The molecule has 132 valence electrons. The highest BCUT2D eigenvalue weighted by molar-refractivity contribution is 6.30. The molecule has 1 amide bonds. The summed E-state index contributed by atoms with van der Waals surface area (Å²) in [6.07, 6.45) is 2.95. The fraction of sp³-hybridized carbons (Fsp3) is 0.611. The fourth-order valence-corrected chi connectivity index (χ4v) is 3.39. The second-order valence-electron chi connectivity index (χ2n) is 6.49. The first-order chi connectivity index (χ1) is 11.7. The maximum atomic E-state index is 11.9. The molecular formula is C18H26ClN3O2. The predicted molar refractivity (Wildman–Crippen MR) is 96.7 cm³/mol. The summed E-state index contributed by atoms with van der Waals surface area (Å²) in [6, 6.07) is 8.00. The number of hydrogen-bond donors (Lipinski definition) is 1. The summed E-state index contributed by atoms with van der Waals surface area (Å²) in [5, 5.41) is 3.76. The molecule has 2 saturated heterocycles. The van der Waals surface area contributed by atoms with E-state index >= 15 is 0 Å². The van der Waals surface area contributed by atoms with Crippen LogP contribution in [0.5, 0.6) is 0 Å². The van der Waals surface area contributed by atoms with Gasteiger partial charge in [-0.05, 0) is 37.1 Å². The number of nitrogens with one attached hydrogen (secondary N) is 1. The van der Waals surface area contributed by atoms with E-state index in [0.29, 0.717) is 13.0 Å². The van der Waals surface area contributed by atoms with Crippen molar-refractivity contribution in [3.05, 3.63) is 29.3 Å². The van der Waals surface area contributed by atoms with E-state index in [2.05, 4.69) is 27.2 Å². The van der Waals surface area contributed by atoms with E-state index in [0.717, 1.165) is 57.2 Å². The number of benzene rings is 1. The first-order valence-electron chi connectivity index (χ1n) is 8.82. The van der Waals surface area contributed by atoms with Gasteiger partial charge in [0, 0.05) is 63.0 Å². The summed E-state index contributed by atoms with van der Waals surface area (Å²) < 4.78 is 5.52. The second kappa shape index (κ2) is 8.70. The van der Waals surface area contributed by atoms with Crippen molar-refractivity contribution in [2.75, 3.05) is 50.8 Å². The third-order valence-electron chi connectivity index (χ3n) is 4.77. The van der Waals surface area contributed by atoms with Crippen molar-refractivity contribution in [2.24, 2.45) is 0 Å². The molecule has 1 unspecified atom stereocenters. The number of ether oxygens (including phenoxy) is 1. The minimum absolute atomic E-state index is 0.130. The highest BCUT2D eigenvalue weighted by atomic mass is 35.5. The van der Waals surface area contributed by atoms with Crippen molar-refractivity contribution in [3.63, 3.8) is 0 Å². The smallest absolute Gasteiger partial charge is 0.221 e. The average Bonchev–Trinajstić information content (AvgIpc) is 3.13.